The van der Waals surface area contributed by atoms with Gasteiger partial charge in [-0.2, -0.15) is 0 Å². The Morgan fingerprint density at radius 2 is 2.17 bits per heavy atom. The molecule has 5 nitrogen and oxygen atoms in total. The second kappa shape index (κ2) is 8.07. The van der Waals surface area contributed by atoms with Gasteiger partial charge in [0.1, 0.15) is 17.3 Å². The molecule has 0 radical (unpaired) electrons. The van der Waals surface area contributed by atoms with Gasteiger partial charge >= 0.3 is 5.97 Å². The number of oxazole rings is 1. The van der Waals surface area contributed by atoms with Crippen molar-refractivity contribution in [2.24, 2.45) is 0 Å². The molecule has 29 heavy (non-hydrogen) atoms. The highest BCUT2D eigenvalue weighted by Crippen LogP contribution is 2.37. The fraction of sp³-hybridized carbons (Fsp3) is 0.304. The number of rotatable bonds is 7. The molecule has 1 atom stereocenters. The van der Waals surface area contributed by atoms with Gasteiger partial charge in [-0.25, -0.2) is 9.37 Å². The van der Waals surface area contributed by atoms with Gasteiger partial charge < -0.3 is 14.3 Å². The summed E-state index contributed by atoms with van der Waals surface area (Å²) in [5.41, 5.74) is 3.67. The molecular weight excluding hydrogens is 373 g/mol. The Hall–Kier alpha value is -3.15. The van der Waals surface area contributed by atoms with Gasteiger partial charge in [0, 0.05) is 12.0 Å². The maximum atomic E-state index is 13.4. The molecule has 0 spiro atoms. The van der Waals surface area contributed by atoms with E-state index in [9.17, 15) is 9.18 Å². The second-order valence-corrected chi connectivity index (χ2v) is 7.32. The van der Waals surface area contributed by atoms with Crippen molar-refractivity contribution in [3.8, 4) is 17.2 Å². The van der Waals surface area contributed by atoms with Gasteiger partial charge in [-0.05, 0) is 67.1 Å². The van der Waals surface area contributed by atoms with Gasteiger partial charge in [0.05, 0.1) is 18.7 Å². The fourth-order valence-corrected chi connectivity index (χ4v) is 3.87. The topological polar surface area (TPSA) is 72.6 Å². The van der Waals surface area contributed by atoms with Gasteiger partial charge in [-0.1, -0.05) is 12.1 Å². The van der Waals surface area contributed by atoms with Crippen molar-refractivity contribution >= 4 is 5.97 Å². The van der Waals surface area contributed by atoms with Crippen molar-refractivity contribution in [1.82, 2.24) is 4.98 Å². The molecule has 0 fully saturated rings. The Morgan fingerprint density at radius 1 is 1.31 bits per heavy atom. The molecule has 0 bridgehead atoms. The Labute approximate surface area is 168 Å². The van der Waals surface area contributed by atoms with Crippen LogP contribution in [0.4, 0.5) is 4.39 Å². The van der Waals surface area contributed by atoms with Crippen molar-refractivity contribution < 1.29 is 23.4 Å². The van der Waals surface area contributed by atoms with Gasteiger partial charge in [0.15, 0.2) is 0 Å². The molecule has 1 aliphatic rings. The second-order valence-electron chi connectivity index (χ2n) is 7.32. The molecule has 150 valence electrons. The van der Waals surface area contributed by atoms with Gasteiger partial charge in [-0.3, -0.25) is 4.79 Å². The molecule has 3 aromatic rings. The van der Waals surface area contributed by atoms with Crippen LogP contribution in [0.5, 0.6) is 5.75 Å². The third kappa shape index (κ3) is 4.31. The van der Waals surface area contributed by atoms with Crippen LogP contribution in [0.3, 0.4) is 0 Å². The third-order valence-electron chi connectivity index (χ3n) is 5.31. The predicted molar refractivity (Wildman–Crippen MR) is 106 cm³/mol. The summed E-state index contributed by atoms with van der Waals surface area (Å²) >= 11 is 0. The summed E-state index contributed by atoms with van der Waals surface area (Å²) < 4.78 is 25.0. The smallest absolute Gasteiger partial charge is 0.303 e. The summed E-state index contributed by atoms with van der Waals surface area (Å²) in [4.78, 5) is 15.5. The molecule has 1 heterocycles. The van der Waals surface area contributed by atoms with Gasteiger partial charge in [-0.15, -0.1) is 0 Å². The van der Waals surface area contributed by atoms with E-state index in [1.54, 1.807) is 12.1 Å². The van der Waals surface area contributed by atoms with E-state index >= 15 is 0 Å². The Bertz CT molecular complexity index is 1040. The number of hydrogen-bond acceptors (Lipinski definition) is 4. The van der Waals surface area contributed by atoms with Crippen LogP contribution in [-0.2, 0) is 17.6 Å². The maximum Gasteiger partial charge on any atom is 0.303 e. The Morgan fingerprint density at radius 3 is 2.97 bits per heavy atom. The average molecular weight is 395 g/mol. The van der Waals surface area contributed by atoms with Crippen LogP contribution in [0.25, 0.3) is 11.5 Å². The average Bonchev–Trinajstić information content (AvgIpc) is 3.25. The molecule has 1 aromatic heterocycles. The molecular formula is C23H22FNO4. The van der Waals surface area contributed by atoms with E-state index in [0.717, 1.165) is 29.8 Å². The number of carbonyl (C=O) groups is 1. The highest BCUT2D eigenvalue weighted by molar-refractivity contribution is 5.68. The number of ether oxygens (including phenoxy) is 1. The van der Waals surface area contributed by atoms with Crippen LogP contribution < -0.4 is 4.74 Å². The summed E-state index contributed by atoms with van der Waals surface area (Å²) in [5, 5.41) is 9.03. The minimum Gasteiger partial charge on any atom is -0.493 e. The van der Waals surface area contributed by atoms with Crippen LogP contribution in [0.1, 0.15) is 41.3 Å². The van der Waals surface area contributed by atoms with E-state index in [4.69, 9.17) is 14.3 Å². The number of aryl methyl sites for hydroxylation is 2. The summed E-state index contributed by atoms with van der Waals surface area (Å²) in [6.45, 7) is 2.27. The molecule has 6 heteroatoms. The van der Waals surface area contributed by atoms with Crippen molar-refractivity contribution in [2.75, 3.05) is 6.61 Å². The summed E-state index contributed by atoms with van der Waals surface area (Å²) in [6.07, 6.45) is 2.49. The number of halogens is 1. The lowest BCUT2D eigenvalue weighted by Crippen LogP contribution is -2.04. The first-order valence-corrected chi connectivity index (χ1v) is 9.69. The zero-order valence-corrected chi connectivity index (χ0v) is 16.2. The Kier molecular flexibility index (Phi) is 5.34. The first-order valence-electron chi connectivity index (χ1n) is 9.69. The minimum atomic E-state index is -0.760. The molecule has 2 aromatic carbocycles. The lowest BCUT2D eigenvalue weighted by atomic mass is 9.98. The molecule has 0 saturated heterocycles. The van der Waals surface area contributed by atoms with E-state index in [1.165, 1.54) is 17.7 Å². The van der Waals surface area contributed by atoms with Crippen molar-refractivity contribution in [3.63, 3.8) is 0 Å². The quantitative estimate of drug-likeness (QED) is 0.615. The molecule has 4 rings (SSSR count). The van der Waals surface area contributed by atoms with Crippen molar-refractivity contribution in [3.05, 3.63) is 70.9 Å². The largest absolute Gasteiger partial charge is 0.493 e. The number of benzene rings is 2. The highest BCUT2D eigenvalue weighted by atomic mass is 19.1. The SMILES string of the molecule is Cc1oc(-c2cccc(F)c2)nc1CCOc1ccc2c(c1)CCC2CC(=O)O. The van der Waals surface area contributed by atoms with Gasteiger partial charge in [0.25, 0.3) is 0 Å². The van der Waals surface area contributed by atoms with Crippen LogP contribution >= 0.6 is 0 Å². The number of carboxylic acids is 1. The molecule has 0 saturated carbocycles. The van der Waals surface area contributed by atoms with Crippen molar-refractivity contribution in [2.45, 2.75) is 38.5 Å². The number of fused-ring (bicyclic) bond motifs is 1. The number of nitrogens with zero attached hydrogens (tertiary/aromatic N) is 1. The minimum absolute atomic E-state index is 0.0931. The van der Waals surface area contributed by atoms with Gasteiger partial charge in [0.2, 0.25) is 5.89 Å². The fourth-order valence-electron chi connectivity index (χ4n) is 3.87. The van der Waals surface area contributed by atoms with Crippen LogP contribution in [-0.4, -0.2) is 22.7 Å². The van der Waals surface area contributed by atoms with E-state index in [-0.39, 0.29) is 18.2 Å². The Balaban J connectivity index is 1.38. The zero-order chi connectivity index (χ0) is 20.4. The normalized spacial score (nSPS) is 15.3. The third-order valence-corrected chi connectivity index (χ3v) is 5.31. The molecule has 1 unspecified atom stereocenters. The van der Waals surface area contributed by atoms with E-state index < -0.39 is 5.97 Å². The van der Waals surface area contributed by atoms with E-state index in [0.29, 0.717) is 30.2 Å². The zero-order valence-electron chi connectivity index (χ0n) is 16.2. The first-order chi connectivity index (χ1) is 14.0. The predicted octanol–water partition coefficient (Wildman–Crippen LogP) is 4.92. The number of aliphatic carboxylic acids is 1. The number of hydrogen-bond donors (Lipinski definition) is 1. The number of aromatic nitrogens is 1. The molecule has 1 N–H and O–H groups in total. The highest BCUT2D eigenvalue weighted by Gasteiger charge is 2.25. The lowest BCUT2D eigenvalue weighted by Gasteiger charge is -2.10. The maximum absolute atomic E-state index is 13.4. The first kappa shape index (κ1) is 19.2. The van der Waals surface area contributed by atoms with Crippen LogP contribution in [0.15, 0.2) is 46.9 Å². The summed E-state index contributed by atoms with van der Waals surface area (Å²) in [5.74, 6) is 0.869. The van der Waals surface area contributed by atoms with Crippen LogP contribution in [0, 0.1) is 12.7 Å². The van der Waals surface area contributed by atoms with E-state index in [2.05, 4.69) is 4.98 Å². The van der Waals surface area contributed by atoms with Crippen LogP contribution in [0.2, 0.25) is 0 Å². The van der Waals surface area contributed by atoms with Crippen molar-refractivity contribution in [1.29, 1.82) is 0 Å². The molecule has 1 aliphatic carbocycles. The summed E-state index contributed by atoms with van der Waals surface area (Å²) in [6, 6.07) is 12.0. The molecule has 0 amide bonds. The van der Waals surface area contributed by atoms with E-state index in [1.807, 2.05) is 25.1 Å². The monoisotopic (exact) mass is 395 g/mol. The standard InChI is InChI=1S/C23H22FNO4/c1-14-21(25-23(29-14)17-3-2-4-18(24)11-17)9-10-28-19-7-8-20-15(12-19)5-6-16(20)13-22(26)27/h2-4,7-8,11-12,16H,5-6,9-10,13H2,1H3,(H,26,27). The number of carboxylic acid groups (broad SMARTS) is 1. The molecule has 0 aliphatic heterocycles. The lowest BCUT2D eigenvalue weighted by molar-refractivity contribution is -0.137. The summed E-state index contributed by atoms with van der Waals surface area (Å²) in [7, 11) is 0.